The Bertz CT molecular complexity index is 857. The molecule has 0 aliphatic heterocycles. The zero-order valence-electron chi connectivity index (χ0n) is 16.6. The van der Waals surface area contributed by atoms with Crippen LogP contribution in [-0.2, 0) is 13.1 Å². The zero-order valence-corrected chi connectivity index (χ0v) is 16.6. The van der Waals surface area contributed by atoms with Crippen LogP contribution in [0.15, 0.2) is 60.7 Å². The van der Waals surface area contributed by atoms with Crippen molar-refractivity contribution in [3.8, 4) is 0 Å². The predicted octanol–water partition coefficient (Wildman–Crippen LogP) is 5.12. The third-order valence-corrected chi connectivity index (χ3v) is 4.51. The van der Waals surface area contributed by atoms with E-state index >= 15 is 0 Å². The van der Waals surface area contributed by atoms with E-state index in [9.17, 15) is 0 Å². The summed E-state index contributed by atoms with van der Waals surface area (Å²) in [5, 5.41) is 3.44. The normalized spacial score (nSPS) is 10.9. The Labute approximate surface area is 162 Å². The molecular weight excluding hydrogens is 332 g/mol. The van der Waals surface area contributed by atoms with Gasteiger partial charge in [-0.2, -0.15) is 4.98 Å². The maximum absolute atomic E-state index is 4.79. The number of anilines is 2. The Kier molecular flexibility index (Phi) is 6.07. The Morgan fingerprint density at radius 1 is 0.889 bits per heavy atom. The maximum atomic E-state index is 4.79. The molecule has 27 heavy (non-hydrogen) atoms. The van der Waals surface area contributed by atoms with E-state index in [0.717, 1.165) is 30.5 Å². The third-order valence-electron chi connectivity index (χ3n) is 4.51. The van der Waals surface area contributed by atoms with Gasteiger partial charge in [0.25, 0.3) is 0 Å². The topological polar surface area (TPSA) is 41.1 Å². The van der Waals surface area contributed by atoms with Crippen molar-refractivity contribution in [2.75, 3.05) is 10.2 Å². The number of aromatic nitrogens is 2. The second-order valence-electron chi connectivity index (χ2n) is 7.24. The summed E-state index contributed by atoms with van der Waals surface area (Å²) in [5.41, 5.74) is 4.73. The first-order valence-electron chi connectivity index (χ1n) is 9.47. The van der Waals surface area contributed by atoms with E-state index in [-0.39, 0.29) is 0 Å². The molecule has 1 N–H and O–H groups in total. The highest BCUT2D eigenvalue weighted by molar-refractivity contribution is 5.45. The van der Waals surface area contributed by atoms with E-state index in [2.05, 4.69) is 79.5 Å². The number of benzene rings is 2. The lowest BCUT2D eigenvalue weighted by Crippen LogP contribution is -2.32. The molecule has 0 amide bonds. The number of hydrogen-bond acceptors (Lipinski definition) is 4. The second-order valence-corrected chi connectivity index (χ2v) is 7.24. The number of aryl methyl sites for hydroxylation is 2. The van der Waals surface area contributed by atoms with Crippen LogP contribution < -0.4 is 10.2 Å². The summed E-state index contributed by atoms with van der Waals surface area (Å²) >= 11 is 0. The van der Waals surface area contributed by atoms with Crippen molar-refractivity contribution in [1.29, 1.82) is 0 Å². The average molecular weight is 361 g/mol. The Morgan fingerprint density at radius 3 is 2.26 bits per heavy atom. The molecule has 3 aromatic rings. The van der Waals surface area contributed by atoms with Gasteiger partial charge in [-0.25, -0.2) is 4.98 Å². The fraction of sp³-hybridized carbons (Fsp3) is 0.304. The van der Waals surface area contributed by atoms with Crippen LogP contribution in [0, 0.1) is 13.8 Å². The van der Waals surface area contributed by atoms with Gasteiger partial charge in [0.1, 0.15) is 5.82 Å². The van der Waals surface area contributed by atoms with E-state index in [1.54, 1.807) is 0 Å². The van der Waals surface area contributed by atoms with Crippen LogP contribution in [0.3, 0.4) is 0 Å². The van der Waals surface area contributed by atoms with Gasteiger partial charge in [-0.1, -0.05) is 60.2 Å². The van der Waals surface area contributed by atoms with Gasteiger partial charge in [0.2, 0.25) is 5.95 Å². The number of rotatable bonds is 7. The molecule has 140 valence electrons. The van der Waals surface area contributed by atoms with E-state index in [0.29, 0.717) is 6.04 Å². The average Bonchev–Trinajstić information content (AvgIpc) is 2.66. The van der Waals surface area contributed by atoms with Crippen LogP contribution in [0.25, 0.3) is 0 Å². The predicted molar refractivity (Wildman–Crippen MR) is 113 cm³/mol. The summed E-state index contributed by atoms with van der Waals surface area (Å²) in [6, 6.07) is 21.3. The smallest absolute Gasteiger partial charge is 0.228 e. The molecule has 0 saturated carbocycles. The highest BCUT2D eigenvalue weighted by Crippen LogP contribution is 2.19. The minimum Gasteiger partial charge on any atom is -0.366 e. The van der Waals surface area contributed by atoms with Crippen LogP contribution in [0.1, 0.15) is 36.2 Å². The molecular formula is C23H28N4. The zero-order chi connectivity index (χ0) is 19.2. The molecule has 1 aromatic heterocycles. The minimum atomic E-state index is 0.303. The summed E-state index contributed by atoms with van der Waals surface area (Å²) in [6.07, 6.45) is 0. The molecule has 0 atom stereocenters. The van der Waals surface area contributed by atoms with Gasteiger partial charge in [-0.15, -0.1) is 0 Å². The number of hydrogen-bond donors (Lipinski definition) is 1. The summed E-state index contributed by atoms with van der Waals surface area (Å²) in [6.45, 7) is 10.0. The van der Waals surface area contributed by atoms with E-state index in [1.165, 1.54) is 16.7 Å². The minimum absolute atomic E-state index is 0.303. The Morgan fingerprint density at radius 2 is 1.59 bits per heavy atom. The third kappa shape index (κ3) is 5.30. The first-order chi connectivity index (χ1) is 13.0. The van der Waals surface area contributed by atoms with Crippen LogP contribution in [0.4, 0.5) is 11.8 Å². The quantitative estimate of drug-likeness (QED) is 0.635. The van der Waals surface area contributed by atoms with Gasteiger partial charge in [0, 0.05) is 30.9 Å². The van der Waals surface area contributed by atoms with Crippen LogP contribution in [-0.4, -0.2) is 16.0 Å². The lowest BCUT2D eigenvalue weighted by atomic mass is 10.1. The maximum Gasteiger partial charge on any atom is 0.228 e. The molecule has 0 bridgehead atoms. The van der Waals surface area contributed by atoms with Gasteiger partial charge in [-0.05, 0) is 38.8 Å². The number of nitrogens with zero attached hydrogens (tertiary/aromatic N) is 3. The molecule has 0 unspecified atom stereocenters. The van der Waals surface area contributed by atoms with Crippen LogP contribution in [0.5, 0.6) is 0 Å². The molecule has 0 aliphatic carbocycles. The highest BCUT2D eigenvalue weighted by atomic mass is 15.3. The van der Waals surface area contributed by atoms with Crippen molar-refractivity contribution in [2.24, 2.45) is 0 Å². The standard InChI is InChI=1S/C23H28N4/c1-17(2)27(16-21-8-6-5-7-9-21)23-25-19(4)14-22(26-23)24-15-20-12-10-18(3)11-13-20/h5-14,17H,15-16H2,1-4H3,(H,24,25,26). The largest absolute Gasteiger partial charge is 0.366 e. The molecule has 0 spiro atoms. The van der Waals surface area contributed by atoms with E-state index in [4.69, 9.17) is 9.97 Å². The summed E-state index contributed by atoms with van der Waals surface area (Å²) < 4.78 is 0. The van der Waals surface area contributed by atoms with Crippen molar-refractivity contribution in [3.63, 3.8) is 0 Å². The molecule has 3 rings (SSSR count). The summed E-state index contributed by atoms with van der Waals surface area (Å²) in [4.78, 5) is 11.7. The highest BCUT2D eigenvalue weighted by Gasteiger charge is 2.15. The van der Waals surface area contributed by atoms with Crippen molar-refractivity contribution < 1.29 is 0 Å². The van der Waals surface area contributed by atoms with Crippen molar-refractivity contribution in [2.45, 2.75) is 46.8 Å². The fourth-order valence-corrected chi connectivity index (χ4v) is 2.93. The Balaban J connectivity index is 1.78. The van der Waals surface area contributed by atoms with Crippen molar-refractivity contribution in [1.82, 2.24) is 9.97 Å². The molecule has 4 heteroatoms. The van der Waals surface area contributed by atoms with E-state index < -0.39 is 0 Å². The second kappa shape index (κ2) is 8.67. The van der Waals surface area contributed by atoms with Gasteiger partial charge < -0.3 is 10.2 Å². The Hall–Kier alpha value is -2.88. The monoisotopic (exact) mass is 360 g/mol. The van der Waals surface area contributed by atoms with Gasteiger partial charge in [-0.3, -0.25) is 0 Å². The molecule has 0 aliphatic rings. The summed E-state index contributed by atoms with van der Waals surface area (Å²) in [5.74, 6) is 1.62. The first kappa shape index (κ1) is 18.9. The van der Waals surface area contributed by atoms with Gasteiger partial charge in [0.15, 0.2) is 0 Å². The summed E-state index contributed by atoms with van der Waals surface area (Å²) in [7, 11) is 0. The van der Waals surface area contributed by atoms with Gasteiger partial charge >= 0.3 is 0 Å². The van der Waals surface area contributed by atoms with Gasteiger partial charge in [0.05, 0.1) is 0 Å². The SMILES string of the molecule is Cc1ccc(CNc2cc(C)nc(N(Cc3ccccc3)C(C)C)n2)cc1. The van der Waals surface area contributed by atoms with Crippen molar-refractivity contribution in [3.05, 3.63) is 83.0 Å². The molecule has 0 saturated heterocycles. The van der Waals surface area contributed by atoms with Crippen molar-refractivity contribution >= 4 is 11.8 Å². The number of nitrogens with one attached hydrogen (secondary N) is 1. The molecule has 4 nitrogen and oxygen atoms in total. The molecule has 0 radical (unpaired) electrons. The van der Waals surface area contributed by atoms with Crippen LogP contribution in [0.2, 0.25) is 0 Å². The molecule has 1 heterocycles. The molecule has 2 aromatic carbocycles. The lowest BCUT2D eigenvalue weighted by molar-refractivity contribution is 0.659. The first-order valence-corrected chi connectivity index (χ1v) is 9.47. The van der Waals surface area contributed by atoms with Crippen LogP contribution >= 0.6 is 0 Å². The van der Waals surface area contributed by atoms with E-state index in [1.807, 2.05) is 19.1 Å². The lowest BCUT2D eigenvalue weighted by Gasteiger charge is -2.27. The fourth-order valence-electron chi connectivity index (χ4n) is 2.93. The molecule has 0 fully saturated rings.